The molecule has 76 valence electrons. The molecule has 1 aromatic carbocycles. The molecule has 1 aliphatic rings. The van der Waals surface area contributed by atoms with Gasteiger partial charge in [-0.2, -0.15) is 0 Å². The second kappa shape index (κ2) is 3.31. The molecule has 1 aromatic rings. The molecule has 1 saturated carbocycles. The van der Waals surface area contributed by atoms with E-state index in [2.05, 4.69) is 15.9 Å². The number of rotatable bonds is 2. The zero-order chi connectivity index (χ0) is 10.3. The molecular weight excluding hydrogens is 245 g/mol. The summed E-state index contributed by atoms with van der Waals surface area (Å²) in [6.07, 6.45) is 2.72. The van der Waals surface area contributed by atoms with Crippen molar-refractivity contribution in [2.45, 2.75) is 31.7 Å². The maximum atomic E-state index is 13.5. The number of benzene rings is 1. The Labute approximate surface area is 91.6 Å². The van der Waals surface area contributed by atoms with E-state index in [1.54, 1.807) is 0 Å². The fourth-order valence-electron chi connectivity index (χ4n) is 1.61. The van der Waals surface area contributed by atoms with Crippen LogP contribution in [0.4, 0.5) is 4.39 Å². The molecule has 0 aliphatic heterocycles. The lowest BCUT2D eigenvalue weighted by Crippen LogP contribution is -2.19. The van der Waals surface area contributed by atoms with E-state index in [1.165, 1.54) is 0 Å². The van der Waals surface area contributed by atoms with Crippen molar-refractivity contribution in [1.29, 1.82) is 0 Å². The molecule has 0 heterocycles. The topological polar surface area (TPSA) is 26.0 Å². The molecule has 3 heteroatoms. The van der Waals surface area contributed by atoms with Crippen LogP contribution in [-0.2, 0) is 12.0 Å². The Morgan fingerprint density at radius 3 is 2.64 bits per heavy atom. The van der Waals surface area contributed by atoms with Gasteiger partial charge in [0.1, 0.15) is 5.82 Å². The van der Waals surface area contributed by atoms with E-state index in [0.717, 1.165) is 24.0 Å². The third-order valence-corrected chi connectivity index (χ3v) is 3.43. The molecule has 14 heavy (non-hydrogen) atoms. The molecule has 0 radical (unpaired) electrons. The van der Waals surface area contributed by atoms with Gasteiger partial charge in [0.05, 0.1) is 4.47 Å². The molecule has 0 unspecified atom stereocenters. The van der Waals surface area contributed by atoms with Crippen molar-refractivity contribution in [2.24, 2.45) is 5.73 Å². The van der Waals surface area contributed by atoms with Crippen LogP contribution in [0.1, 0.15) is 30.9 Å². The lowest BCUT2D eigenvalue weighted by molar-refractivity contribution is 0.601. The van der Waals surface area contributed by atoms with Gasteiger partial charge in [-0.3, -0.25) is 0 Å². The molecule has 1 aliphatic carbocycles. The molecule has 0 aromatic heterocycles. The van der Waals surface area contributed by atoms with E-state index in [0.29, 0.717) is 10.9 Å². The third-order valence-electron chi connectivity index (χ3n) is 2.85. The van der Waals surface area contributed by atoms with Crippen LogP contribution in [0.25, 0.3) is 0 Å². The summed E-state index contributed by atoms with van der Waals surface area (Å²) < 4.78 is 14.0. The van der Waals surface area contributed by atoms with E-state index in [9.17, 15) is 4.39 Å². The number of aryl methyl sites for hydroxylation is 1. The van der Waals surface area contributed by atoms with Gasteiger partial charge in [-0.05, 0) is 52.4 Å². The minimum absolute atomic E-state index is 0.152. The first-order chi connectivity index (χ1) is 6.57. The van der Waals surface area contributed by atoms with Crippen LogP contribution < -0.4 is 5.73 Å². The minimum Gasteiger partial charge on any atom is -0.321 e. The molecule has 0 amide bonds. The van der Waals surface area contributed by atoms with Crippen LogP contribution in [0.5, 0.6) is 0 Å². The Bertz CT molecular complexity index is 372. The summed E-state index contributed by atoms with van der Waals surface area (Å²) in [5.74, 6) is -0.152. The fourth-order valence-corrected chi connectivity index (χ4v) is 2.12. The van der Waals surface area contributed by atoms with Crippen molar-refractivity contribution in [3.05, 3.63) is 33.5 Å². The minimum atomic E-state index is -0.180. The average molecular weight is 258 g/mol. The summed E-state index contributed by atoms with van der Waals surface area (Å²) >= 11 is 3.23. The Morgan fingerprint density at radius 1 is 1.50 bits per heavy atom. The van der Waals surface area contributed by atoms with Crippen LogP contribution in [0.15, 0.2) is 16.6 Å². The molecule has 2 rings (SSSR count). The van der Waals surface area contributed by atoms with Crippen molar-refractivity contribution in [1.82, 2.24) is 0 Å². The first-order valence-corrected chi connectivity index (χ1v) is 5.63. The van der Waals surface area contributed by atoms with Gasteiger partial charge in [-0.1, -0.05) is 13.0 Å². The molecule has 0 spiro atoms. The standard InChI is InChI=1S/C11H13BrFN/c1-2-7-5-8(11(14)3-4-11)6-9(12)10(7)13/h5-6H,2-4,14H2,1H3. The van der Waals surface area contributed by atoms with Gasteiger partial charge in [0.2, 0.25) is 0 Å². The maximum absolute atomic E-state index is 13.5. The fraction of sp³-hybridized carbons (Fsp3) is 0.455. The lowest BCUT2D eigenvalue weighted by Gasteiger charge is -2.12. The predicted octanol–water partition coefficient (Wildman–Crippen LogP) is 3.10. The first kappa shape index (κ1) is 10.1. The van der Waals surface area contributed by atoms with Gasteiger partial charge in [0, 0.05) is 5.54 Å². The summed E-state index contributed by atoms with van der Waals surface area (Å²) in [6, 6.07) is 3.70. The Kier molecular flexibility index (Phi) is 2.40. The molecule has 2 N–H and O–H groups in total. The molecular formula is C11H13BrFN. The van der Waals surface area contributed by atoms with Crippen molar-refractivity contribution < 1.29 is 4.39 Å². The number of halogens is 2. The second-order valence-electron chi connectivity index (χ2n) is 3.94. The highest BCUT2D eigenvalue weighted by Crippen LogP contribution is 2.44. The zero-order valence-corrected chi connectivity index (χ0v) is 9.70. The smallest absolute Gasteiger partial charge is 0.140 e. The Hall–Kier alpha value is -0.410. The average Bonchev–Trinajstić information content (AvgIpc) is 2.89. The van der Waals surface area contributed by atoms with Crippen molar-refractivity contribution in [2.75, 3.05) is 0 Å². The van der Waals surface area contributed by atoms with Gasteiger partial charge in [0.15, 0.2) is 0 Å². The van der Waals surface area contributed by atoms with Crippen molar-refractivity contribution >= 4 is 15.9 Å². The highest BCUT2D eigenvalue weighted by molar-refractivity contribution is 9.10. The van der Waals surface area contributed by atoms with Gasteiger partial charge >= 0.3 is 0 Å². The molecule has 0 atom stereocenters. The number of hydrogen-bond donors (Lipinski definition) is 1. The first-order valence-electron chi connectivity index (χ1n) is 4.84. The summed E-state index contributed by atoms with van der Waals surface area (Å²) in [5.41, 5.74) is 7.69. The highest BCUT2D eigenvalue weighted by atomic mass is 79.9. The molecule has 0 saturated heterocycles. The molecule has 1 fully saturated rings. The summed E-state index contributed by atoms with van der Waals surface area (Å²) in [7, 11) is 0. The van der Waals surface area contributed by atoms with Crippen LogP contribution in [-0.4, -0.2) is 0 Å². The third kappa shape index (κ3) is 1.59. The number of nitrogens with two attached hydrogens (primary N) is 1. The number of hydrogen-bond acceptors (Lipinski definition) is 1. The SMILES string of the molecule is CCc1cc(C2(N)CC2)cc(Br)c1F. The quantitative estimate of drug-likeness (QED) is 0.866. The van der Waals surface area contributed by atoms with E-state index >= 15 is 0 Å². The van der Waals surface area contributed by atoms with E-state index in [4.69, 9.17) is 5.73 Å². The van der Waals surface area contributed by atoms with Gasteiger partial charge in [-0.15, -0.1) is 0 Å². The molecule has 0 bridgehead atoms. The second-order valence-corrected chi connectivity index (χ2v) is 4.80. The monoisotopic (exact) mass is 257 g/mol. The predicted molar refractivity (Wildman–Crippen MR) is 58.6 cm³/mol. The van der Waals surface area contributed by atoms with Crippen LogP contribution in [0, 0.1) is 5.82 Å². The maximum Gasteiger partial charge on any atom is 0.140 e. The summed E-state index contributed by atoms with van der Waals surface area (Å²) in [6.45, 7) is 1.95. The van der Waals surface area contributed by atoms with E-state index in [1.807, 2.05) is 19.1 Å². The van der Waals surface area contributed by atoms with Gasteiger partial charge in [0.25, 0.3) is 0 Å². The van der Waals surface area contributed by atoms with Crippen LogP contribution in [0.3, 0.4) is 0 Å². The lowest BCUT2D eigenvalue weighted by atomic mass is 10.0. The van der Waals surface area contributed by atoms with Crippen molar-refractivity contribution in [3.63, 3.8) is 0 Å². The van der Waals surface area contributed by atoms with Gasteiger partial charge in [-0.25, -0.2) is 4.39 Å². The Morgan fingerprint density at radius 2 is 2.14 bits per heavy atom. The zero-order valence-electron chi connectivity index (χ0n) is 8.11. The largest absolute Gasteiger partial charge is 0.321 e. The van der Waals surface area contributed by atoms with E-state index < -0.39 is 0 Å². The van der Waals surface area contributed by atoms with E-state index in [-0.39, 0.29) is 11.4 Å². The molecule has 1 nitrogen and oxygen atoms in total. The van der Waals surface area contributed by atoms with Crippen LogP contribution in [0.2, 0.25) is 0 Å². The van der Waals surface area contributed by atoms with Crippen molar-refractivity contribution in [3.8, 4) is 0 Å². The summed E-state index contributed by atoms with van der Waals surface area (Å²) in [4.78, 5) is 0. The Balaban J connectivity index is 2.48. The normalized spacial score (nSPS) is 18.3. The summed E-state index contributed by atoms with van der Waals surface area (Å²) in [5, 5.41) is 0. The highest BCUT2D eigenvalue weighted by Gasteiger charge is 2.40. The van der Waals surface area contributed by atoms with Gasteiger partial charge < -0.3 is 5.73 Å². The van der Waals surface area contributed by atoms with Crippen LogP contribution >= 0.6 is 15.9 Å².